The second-order valence-electron chi connectivity index (χ2n) is 8.90. The molecule has 188 valence electrons. The lowest BCUT2D eigenvalue weighted by Gasteiger charge is -2.26. The Morgan fingerprint density at radius 2 is 2.06 bits per heavy atom. The largest absolute Gasteiger partial charge is 0.453 e. The second-order valence-corrected chi connectivity index (χ2v) is 8.90. The number of carbonyl (C=O) groups is 2. The van der Waals surface area contributed by atoms with E-state index in [4.69, 9.17) is 14.2 Å². The molecule has 2 aliphatic rings. The molecule has 1 aromatic carbocycles. The molecule has 2 amide bonds. The minimum Gasteiger partial charge on any atom is -0.453 e. The summed E-state index contributed by atoms with van der Waals surface area (Å²) in [4.78, 5) is 27.0. The molecule has 0 bridgehead atoms. The normalized spacial score (nSPS) is 20.1. The highest BCUT2D eigenvalue weighted by atomic mass is 19.1. The Bertz CT molecular complexity index is 1110. The van der Waals surface area contributed by atoms with Crippen molar-refractivity contribution in [2.45, 2.75) is 58.1 Å². The maximum Gasteiger partial charge on any atom is 0.251 e. The summed E-state index contributed by atoms with van der Waals surface area (Å²) < 4.78 is 46.2. The van der Waals surface area contributed by atoms with Gasteiger partial charge in [-0.2, -0.15) is 5.10 Å². The molecule has 0 aliphatic carbocycles. The topological polar surface area (TPSA) is 94.9 Å². The van der Waals surface area contributed by atoms with E-state index in [0.717, 1.165) is 18.2 Å². The number of rotatable bonds is 9. The molecule has 1 saturated heterocycles. The first-order chi connectivity index (χ1) is 16.6. The fourth-order valence-electron chi connectivity index (χ4n) is 4.05. The molecule has 1 fully saturated rings. The van der Waals surface area contributed by atoms with Gasteiger partial charge in [-0.05, 0) is 32.4 Å². The summed E-state index contributed by atoms with van der Waals surface area (Å²) in [5.74, 6) is -3.50. The molecule has 9 nitrogen and oxygen atoms in total. The Balaban J connectivity index is 1.38. The van der Waals surface area contributed by atoms with Crippen LogP contribution in [0.5, 0.6) is 5.75 Å². The van der Waals surface area contributed by atoms with Crippen LogP contribution < -0.4 is 10.1 Å². The zero-order valence-electron chi connectivity index (χ0n) is 19.8. The van der Waals surface area contributed by atoms with Crippen molar-refractivity contribution in [2.24, 2.45) is 0 Å². The van der Waals surface area contributed by atoms with Crippen molar-refractivity contribution >= 4 is 17.6 Å². The van der Waals surface area contributed by atoms with Gasteiger partial charge in [0.05, 0.1) is 19.7 Å². The van der Waals surface area contributed by atoms with Gasteiger partial charge in [-0.15, -0.1) is 0 Å². The minimum atomic E-state index is -0.881. The van der Waals surface area contributed by atoms with Crippen LogP contribution in [-0.2, 0) is 25.6 Å². The van der Waals surface area contributed by atoms with Gasteiger partial charge in [-0.3, -0.25) is 14.3 Å². The van der Waals surface area contributed by atoms with Gasteiger partial charge < -0.3 is 24.4 Å². The van der Waals surface area contributed by atoms with Crippen molar-refractivity contribution < 1.29 is 32.6 Å². The average Bonchev–Trinajstić information content (AvgIpc) is 3.48. The van der Waals surface area contributed by atoms with Crippen LogP contribution in [0.25, 0.3) is 0 Å². The molecule has 0 spiro atoms. The van der Waals surface area contributed by atoms with Crippen molar-refractivity contribution in [1.82, 2.24) is 14.7 Å². The van der Waals surface area contributed by atoms with E-state index in [0.29, 0.717) is 31.8 Å². The predicted octanol–water partition coefficient (Wildman–Crippen LogP) is 3.23. The van der Waals surface area contributed by atoms with Crippen LogP contribution in [0.4, 0.5) is 14.6 Å². The highest BCUT2D eigenvalue weighted by Gasteiger charge is 2.35. The molecular weight excluding hydrogens is 462 g/mol. The molecule has 35 heavy (non-hydrogen) atoms. The third kappa shape index (κ3) is 5.85. The average molecular weight is 491 g/mol. The van der Waals surface area contributed by atoms with Crippen molar-refractivity contribution in [1.29, 1.82) is 0 Å². The molecule has 0 unspecified atom stereocenters. The van der Waals surface area contributed by atoms with Crippen LogP contribution in [0, 0.1) is 11.6 Å². The molecular formula is C24H28F2N4O5. The Hall–Kier alpha value is -3.31. The Labute approximate surface area is 201 Å². The van der Waals surface area contributed by atoms with E-state index < -0.39 is 41.0 Å². The van der Waals surface area contributed by atoms with Gasteiger partial charge in [0.1, 0.15) is 17.9 Å². The van der Waals surface area contributed by atoms with E-state index in [2.05, 4.69) is 10.4 Å². The van der Waals surface area contributed by atoms with E-state index in [1.165, 1.54) is 11.0 Å². The first-order valence-electron chi connectivity index (χ1n) is 11.4. The zero-order chi connectivity index (χ0) is 25.2. The highest BCUT2D eigenvalue weighted by Crippen LogP contribution is 2.27. The molecule has 2 aliphatic heterocycles. The predicted molar refractivity (Wildman–Crippen MR) is 121 cm³/mol. The molecule has 0 radical (unpaired) electrons. The lowest BCUT2D eigenvalue weighted by atomic mass is 10.1. The molecule has 1 aromatic heterocycles. The van der Waals surface area contributed by atoms with Crippen molar-refractivity contribution in [3.8, 4) is 5.75 Å². The Morgan fingerprint density at radius 1 is 1.31 bits per heavy atom. The number of benzene rings is 1. The van der Waals surface area contributed by atoms with Crippen molar-refractivity contribution in [2.75, 3.05) is 18.5 Å². The first kappa shape index (κ1) is 24.8. The Morgan fingerprint density at radius 3 is 2.71 bits per heavy atom. The van der Waals surface area contributed by atoms with Crippen LogP contribution in [0.3, 0.4) is 0 Å². The number of ether oxygens (including phenoxy) is 3. The third-order valence-corrected chi connectivity index (χ3v) is 5.64. The van der Waals surface area contributed by atoms with Gasteiger partial charge in [-0.25, -0.2) is 8.78 Å². The second kappa shape index (κ2) is 10.1. The lowest BCUT2D eigenvalue weighted by Crippen LogP contribution is -2.45. The fraction of sp³-hybridized carbons (Fsp3) is 0.458. The van der Waals surface area contributed by atoms with Gasteiger partial charge in [-0.1, -0.05) is 19.4 Å². The minimum absolute atomic E-state index is 0.0545. The van der Waals surface area contributed by atoms with Gasteiger partial charge in [0.2, 0.25) is 5.91 Å². The summed E-state index contributed by atoms with van der Waals surface area (Å²) in [5, 5.41) is 7.11. The quantitative estimate of drug-likeness (QED) is 0.580. The number of anilines is 1. The van der Waals surface area contributed by atoms with Crippen LogP contribution in [0.1, 0.15) is 33.6 Å². The molecule has 0 saturated carbocycles. The zero-order valence-corrected chi connectivity index (χ0v) is 19.8. The van der Waals surface area contributed by atoms with E-state index in [-0.39, 0.29) is 18.4 Å². The molecule has 4 rings (SSSR count). The third-order valence-electron chi connectivity index (χ3n) is 5.64. The van der Waals surface area contributed by atoms with E-state index in [1.54, 1.807) is 16.9 Å². The summed E-state index contributed by atoms with van der Waals surface area (Å²) in [6.07, 6.45) is 3.71. The smallest absolute Gasteiger partial charge is 0.251 e. The van der Waals surface area contributed by atoms with Crippen LogP contribution in [0.2, 0.25) is 0 Å². The van der Waals surface area contributed by atoms with Gasteiger partial charge in [0.25, 0.3) is 5.91 Å². The number of nitrogens with one attached hydrogen (secondary N) is 1. The molecule has 1 N–H and O–H groups in total. The number of hydrogen-bond donors (Lipinski definition) is 1. The number of halogens is 2. The molecule has 3 heterocycles. The number of para-hydroxylation sites is 1. The maximum atomic E-state index is 13.9. The van der Waals surface area contributed by atoms with Crippen LogP contribution >= 0.6 is 0 Å². The summed E-state index contributed by atoms with van der Waals surface area (Å²) in [6, 6.07) is 4.18. The van der Waals surface area contributed by atoms with E-state index in [9.17, 15) is 18.4 Å². The van der Waals surface area contributed by atoms with E-state index in [1.807, 2.05) is 20.8 Å². The lowest BCUT2D eigenvalue weighted by molar-refractivity contribution is -0.139. The van der Waals surface area contributed by atoms with Gasteiger partial charge >= 0.3 is 0 Å². The highest BCUT2D eigenvalue weighted by molar-refractivity contribution is 5.99. The Kier molecular flexibility index (Phi) is 7.18. The number of hydrogen-bond acceptors (Lipinski definition) is 6. The summed E-state index contributed by atoms with van der Waals surface area (Å²) in [7, 11) is 0. The molecule has 2 aromatic rings. The van der Waals surface area contributed by atoms with Gasteiger partial charge in [0.15, 0.2) is 29.0 Å². The first-order valence-corrected chi connectivity index (χ1v) is 11.4. The fourth-order valence-corrected chi connectivity index (χ4v) is 4.05. The van der Waals surface area contributed by atoms with Crippen LogP contribution in [0.15, 0.2) is 42.3 Å². The summed E-state index contributed by atoms with van der Waals surface area (Å²) in [6.45, 7) is 6.38. The standard InChI is InChI=1S/C24H28F2N4O5/c1-4-6-19(30-13-15(11-21(30)31)34-22-17(25)7-5-8-18(22)26)23(32)27-20-9-10-29(28-20)12-16-14-33-24(2,3)35-16/h5,7-11,16,19H,4,6,12-14H2,1-3H3,(H,27,28,32)/t16-,19+/m1/s1. The summed E-state index contributed by atoms with van der Waals surface area (Å²) >= 11 is 0. The van der Waals surface area contributed by atoms with Gasteiger partial charge in [0, 0.05) is 18.3 Å². The SMILES string of the molecule is CCC[C@@H](C(=O)Nc1ccn(C[C@@H]2COC(C)(C)O2)n1)N1CC(Oc2c(F)cccc2F)=CC1=O. The monoisotopic (exact) mass is 490 g/mol. The summed E-state index contributed by atoms with van der Waals surface area (Å²) in [5.41, 5.74) is 0. The number of carbonyl (C=O) groups excluding carboxylic acids is 2. The maximum absolute atomic E-state index is 13.9. The van der Waals surface area contributed by atoms with E-state index >= 15 is 0 Å². The van der Waals surface area contributed by atoms with Crippen molar-refractivity contribution in [3.05, 3.63) is 53.9 Å². The van der Waals surface area contributed by atoms with Crippen LogP contribution in [-0.4, -0.2) is 57.6 Å². The molecule has 11 heteroatoms. The number of amides is 2. The number of nitrogens with zero attached hydrogens (tertiary/aromatic N) is 3. The number of aromatic nitrogens is 2. The molecule has 2 atom stereocenters. The van der Waals surface area contributed by atoms with Crippen molar-refractivity contribution in [3.63, 3.8) is 0 Å².